The fourth-order valence-corrected chi connectivity index (χ4v) is 3.35. The average molecular weight is 400 g/mol. The van der Waals surface area contributed by atoms with Crippen molar-refractivity contribution in [2.75, 3.05) is 0 Å². The molecule has 0 saturated carbocycles. The summed E-state index contributed by atoms with van der Waals surface area (Å²) in [5, 5.41) is 12.1. The fraction of sp³-hybridized carbons (Fsp3) is 0.318. The van der Waals surface area contributed by atoms with Gasteiger partial charge in [0.2, 0.25) is 5.91 Å². The number of carbonyl (C=O) groups is 1. The molecule has 4 nitrogen and oxygen atoms in total. The molecule has 2 atom stereocenters. The molecule has 0 spiro atoms. The highest BCUT2D eigenvalue weighted by atomic mass is 32.2. The number of amidine groups is 1. The number of nitrogens with zero attached hydrogens (tertiary/aromatic N) is 2. The van der Waals surface area contributed by atoms with Gasteiger partial charge >= 0.3 is 0 Å². The smallest absolute Gasteiger partial charge is 0.246 e. The van der Waals surface area contributed by atoms with Crippen LogP contribution in [0.3, 0.4) is 0 Å². The zero-order valence-electron chi connectivity index (χ0n) is 16.7. The van der Waals surface area contributed by atoms with Crippen LogP contribution in [-0.2, 0) is 4.79 Å². The van der Waals surface area contributed by atoms with Gasteiger partial charge in [0.05, 0.1) is 18.5 Å². The minimum atomic E-state index is -0.781. The lowest BCUT2D eigenvalue weighted by atomic mass is 10.1. The zero-order valence-corrected chi connectivity index (χ0v) is 17.5. The van der Waals surface area contributed by atoms with Gasteiger partial charge in [-0.3, -0.25) is 9.79 Å². The molecule has 148 valence electrons. The Balaban J connectivity index is 0.00000190. The molecule has 1 fully saturated rings. The number of thioether (sulfide) groups is 1. The molecule has 1 aromatic carbocycles. The van der Waals surface area contributed by atoms with Crippen LogP contribution >= 0.6 is 11.8 Å². The van der Waals surface area contributed by atoms with E-state index in [1.807, 2.05) is 20.8 Å². The van der Waals surface area contributed by atoms with E-state index in [1.54, 1.807) is 43.4 Å². The number of amides is 1. The van der Waals surface area contributed by atoms with Gasteiger partial charge in [-0.15, -0.1) is 0 Å². The summed E-state index contributed by atoms with van der Waals surface area (Å²) in [4.78, 5) is 16.9. The van der Waals surface area contributed by atoms with Crippen molar-refractivity contribution in [2.24, 2.45) is 4.99 Å². The lowest BCUT2D eigenvalue weighted by molar-refractivity contribution is -0.120. The Hall–Kier alpha value is -2.65. The number of halogens is 1. The van der Waals surface area contributed by atoms with E-state index in [9.17, 15) is 9.18 Å². The Morgan fingerprint density at radius 2 is 2.07 bits per heavy atom. The summed E-state index contributed by atoms with van der Waals surface area (Å²) in [6, 6.07) is 8.01. The van der Waals surface area contributed by atoms with Crippen molar-refractivity contribution in [3.05, 3.63) is 72.1 Å². The van der Waals surface area contributed by atoms with Crippen molar-refractivity contribution in [3.63, 3.8) is 0 Å². The fourth-order valence-electron chi connectivity index (χ4n) is 2.30. The number of hydrogen-bond acceptors (Lipinski definition) is 4. The number of benzene rings is 1. The van der Waals surface area contributed by atoms with Crippen LogP contribution < -0.4 is 5.32 Å². The maximum atomic E-state index is 13.0. The summed E-state index contributed by atoms with van der Waals surface area (Å²) in [6.45, 7) is 11.4. The highest BCUT2D eigenvalue weighted by Gasteiger charge is 2.40. The molecule has 1 N–H and O–H groups in total. The van der Waals surface area contributed by atoms with Gasteiger partial charge in [-0.05, 0) is 37.1 Å². The van der Waals surface area contributed by atoms with Crippen molar-refractivity contribution >= 4 is 22.8 Å². The molecule has 0 aliphatic carbocycles. The quantitative estimate of drug-likeness (QED) is 0.645. The van der Waals surface area contributed by atoms with Crippen molar-refractivity contribution in [3.8, 4) is 6.07 Å². The van der Waals surface area contributed by atoms with Crippen molar-refractivity contribution in [1.82, 2.24) is 5.32 Å². The normalized spacial score (nSPS) is 21.6. The predicted molar refractivity (Wildman–Crippen MR) is 115 cm³/mol. The predicted octanol–water partition coefficient (Wildman–Crippen LogP) is 5.47. The monoisotopic (exact) mass is 399 g/mol. The van der Waals surface area contributed by atoms with Gasteiger partial charge in [0.15, 0.2) is 5.17 Å². The first-order valence-electron chi connectivity index (χ1n) is 9.09. The first-order valence-corrected chi connectivity index (χ1v) is 9.91. The van der Waals surface area contributed by atoms with Crippen LogP contribution in [0.2, 0.25) is 0 Å². The van der Waals surface area contributed by atoms with E-state index in [2.05, 4.69) is 23.0 Å². The molecular weight excluding hydrogens is 373 g/mol. The Morgan fingerprint density at radius 1 is 1.43 bits per heavy atom. The second-order valence-corrected chi connectivity index (χ2v) is 7.40. The molecule has 2 rings (SSSR count). The van der Waals surface area contributed by atoms with Gasteiger partial charge in [-0.2, -0.15) is 5.26 Å². The molecule has 0 radical (unpaired) electrons. The van der Waals surface area contributed by atoms with Gasteiger partial charge in [0.1, 0.15) is 10.6 Å². The second-order valence-electron chi connectivity index (χ2n) is 5.96. The van der Waals surface area contributed by atoms with E-state index in [4.69, 9.17) is 5.26 Å². The van der Waals surface area contributed by atoms with E-state index in [0.29, 0.717) is 5.17 Å². The molecule has 1 aliphatic rings. The van der Waals surface area contributed by atoms with Crippen LogP contribution in [0.15, 0.2) is 65.7 Å². The Labute approximate surface area is 170 Å². The second kappa shape index (κ2) is 11.3. The Morgan fingerprint density at radius 3 is 2.64 bits per heavy atom. The summed E-state index contributed by atoms with van der Waals surface area (Å²) in [5.41, 5.74) is 1.66. The molecule has 1 saturated heterocycles. The van der Waals surface area contributed by atoms with Crippen LogP contribution in [0.25, 0.3) is 0 Å². The van der Waals surface area contributed by atoms with Gasteiger partial charge in [0, 0.05) is 0 Å². The molecule has 28 heavy (non-hydrogen) atoms. The summed E-state index contributed by atoms with van der Waals surface area (Å²) < 4.78 is 12.2. The van der Waals surface area contributed by atoms with Crippen molar-refractivity contribution in [1.29, 1.82) is 5.26 Å². The molecule has 1 aromatic rings. The summed E-state index contributed by atoms with van der Waals surface area (Å²) >= 11 is 1.33. The molecule has 1 amide bonds. The molecule has 0 aromatic heterocycles. The first-order chi connectivity index (χ1) is 13.4. The van der Waals surface area contributed by atoms with Crippen LogP contribution in [0, 0.1) is 17.1 Å². The first kappa shape index (κ1) is 23.4. The van der Waals surface area contributed by atoms with E-state index in [0.717, 1.165) is 11.1 Å². The third kappa shape index (κ3) is 6.50. The Kier molecular flexibility index (Phi) is 9.40. The highest BCUT2D eigenvalue weighted by molar-refractivity contribution is 8.16. The van der Waals surface area contributed by atoms with Gasteiger partial charge in [0.25, 0.3) is 0 Å². The van der Waals surface area contributed by atoms with Gasteiger partial charge in [-0.1, -0.05) is 68.6 Å². The van der Waals surface area contributed by atoms with Crippen LogP contribution in [0.1, 0.15) is 45.7 Å². The third-order valence-electron chi connectivity index (χ3n) is 3.91. The molecule has 1 unspecified atom stereocenters. The summed E-state index contributed by atoms with van der Waals surface area (Å²) in [7, 11) is 0. The summed E-state index contributed by atoms with van der Waals surface area (Å²) in [6.07, 6.45) is 7.19. The van der Waals surface area contributed by atoms with Gasteiger partial charge in [-0.25, -0.2) is 4.39 Å². The number of rotatable bonds is 6. The Bertz CT molecular complexity index is 821. The lowest BCUT2D eigenvalue weighted by Gasteiger charge is -2.12. The highest BCUT2D eigenvalue weighted by Crippen LogP contribution is 2.34. The largest absolute Gasteiger partial charge is 0.304 e. The maximum Gasteiger partial charge on any atom is 0.246 e. The van der Waals surface area contributed by atoms with E-state index >= 15 is 0 Å². The number of hydrogen-bond donors (Lipinski definition) is 1. The van der Waals surface area contributed by atoms with Gasteiger partial charge < -0.3 is 5.32 Å². The molecule has 1 aliphatic heterocycles. The van der Waals surface area contributed by atoms with Crippen LogP contribution in [0.4, 0.5) is 4.39 Å². The molecular formula is C22H26FN3OS. The van der Waals surface area contributed by atoms with E-state index in [1.165, 1.54) is 23.9 Å². The minimum Gasteiger partial charge on any atom is -0.304 e. The molecule has 0 bridgehead atoms. The van der Waals surface area contributed by atoms with Crippen LogP contribution in [0.5, 0.6) is 0 Å². The third-order valence-corrected chi connectivity index (χ3v) is 5.06. The molecule has 1 heterocycles. The SMILES string of the molecule is C=C/C(=C\C=C\C1(C)SC(=N[C@@H](C)c2ccc(F)cc2)NC1=O)CC#N.CC. The van der Waals surface area contributed by atoms with Crippen molar-refractivity contribution < 1.29 is 9.18 Å². The minimum absolute atomic E-state index is 0.155. The van der Waals surface area contributed by atoms with Crippen LogP contribution in [-0.4, -0.2) is 15.8 Å². The van der Waals surface area contributed by atoms with Crippen molar-refractivity contribution in [2.45, 2.75) is 44.9 Å². The average Bonchev–Trinajstić information content (AvgIpc) is 2.96. The molecule has 6 heteroatoms. The number of nitriles is 1. The zero-order chi connectivity index (χ0) is 21.2. The summed E-state index contributed by atoms with van der Waals surface area (Å²) in [5.74, 6) is -0.448. The number of nitrogens with one attached hydrogen (secondary N) is 1. The number of aliphatic imine (C=N–C) groups is 1. The van der Waals surface area contributed by atoms with E-state index in [-0.39, 0.29) is 24.2 Å². The number of allylic oxidation sites excluding steroid dienone is 4. The standard InChI is InChI=1S/C20H20FN3OS.C2H6/c1-4-15(11-13-22)6-5-12-20(3)18(25)24-19(26-20)23-14(2)16-7-9-17(21)10-8-16;1-2/h4-10,12,14H,1,11H2,2-3H3,(H,23,24,25);1-2H3/b12-5+,15-6+;/t14-,20?;/m0./s1. The number of carbonyl (C=O) groups excluding carboxylic acids is 1. The van der Waals surface area contributed by atoms with E-state index < -0.39 is 4.75 Å². The lowest BCUT2D eigenvalue weighted by Crippen LogP contribution is -2.32. The topological polar surface area (TPSA) is 65.2 Å². The maximum absolute atomic E-state index is 13.0.